The van der Waals surface area contributed by atoms with Crippen molar-refractivity contribution in [3.05, 3.63) is 28.0 Å². The normalized spacial score (nSPS) is 13.1. The molecule has 1 atom stereocenters. The van der Waals surface area contributed by atoms with Crippen LogP contribution in [-0.4, -0.2) is 20.4 Å². The zero-order valence-electron chi connectivity index (χ0n) is 10.9. The number of amides is 1. The lowest BCUT2D eigenvalue weighted by molar-refractivity contribution is 0.0937. The number of carbonyl (C=O) groups is 1. The molecule has 1 aromatic rings. The molecular weight excluding hydrogens is 373 g/mol. The third-order valence-corrected chi connectivity index (χ3v) is 5.03. The Labute approximate surface area is 130 Å². The molecule has 0 fully saturated rings. The quantitative estimate of drug-likeness (QED) is 0.789. The summed E-state index contributed by atoms with van der Waals surface area (Å²) < 4.78 is 36.1. The predicted molar refractivity (Wildman–Crippen MR) is 79.0 cm³/mol. The van der Waals surface area contributed by atoms with Crippen LogP contribution < -0.4 is 5.32 Å². The first-order valence-corrected chi connectivity index (χ1v) is 9.01. The van der Waals surface area contributed by atoms with E-state index in [9.17, 15) is 17.6 Å². The molecule has 0 aliphatic heterocycles. The number of hydrogen-bond donors (Lipinski definition) is 1. The molecule has 0 spiro atoms. The predicted octanol–water partition coefficient (Wildman–Crippen LogP) is 3.43. The number of hydrogen-bond acceptors (Lipinski definition) is 3. The van der Waals surface area contributed by atoms with Gasteiger partial charge in [0.15, 0.2) is 0 Å². The first-order chi connectivity index (χ1) is 9.16. The van der Waals surface area contributed by atoms with Gasteiger partial charge in [-0.05, 0) is 41.4 Å². The third-order valence-electron chi connectivity index (χ3n) is 2.62. The number of benzene rings is 1. The number of carbonyl (C=O) groups excluding carboxylic acids is 1. The van der Waals surface area contributed by atoms with Crippen LogP contribution in [0.15, 0.2) is 21.5 Å². The van der Waals surface area contributed by atoms with Crippen molar-refractivity contribution < 1.29 is 17.6 Å². The van der Waals surface area contributed by atoms with E-state index >= 15 is 0 Å². The lowest BCUT2D eigenvalue weighted by Gasteiger charge is -2.13. The van der Waals surface area contributed by atoms with E-state index in [0.717, 1.165) is 25.0 Å². The van der Waals surface area contributed by atoms with Crippen LogP contribution in [0.3, 0.4) is 0 Å². The zero-order valence-corrected chi connectivity index (χ0v) is 14.1. The summed E-state index contributed by atoms with van der Waals surface area (Å²) in [6.45, 7) is 3.79. The average Bonchev–Trinajstić information content (AvgIpc) is 2.30. The first-order valence-electron chi connectivity index (χ1n) is 5.91. The Bertz CT molecular complexity index is 621. The van der Waals surface area contributed by atoms with Crippen LogP contribution in [0.4, 0.5) is 4.39 Å². The van der Waals surface area contributed by atoms with Gasteiger partial charge in [-0.2, -0.15) is 0 Å². The smallest absolute Gasteiger partial charge is 0.262 e. The molecule has 1 N–H and O–H groups in total. The molecule has 0 saturated carbocycles. The SMILES string of the molecule is CCCC(C)NC(=O)c1cc(F)c(Br)c(S(=O)(=O)Cl)c1. The minimum absolute atomic E-state index is 0.0877. The highest BCUT2D eigenvalue weighted by molar-refractivity contribution is 9.10. The van der Waals surface area contributed by atoms with Crippen LogP contribution in [0.5, 0.6) is 0 Å². The number of halogens is 3. The Kier molecular flexibility index (Phi) is 5.97. The molecule has 1 rings (SSSR count). The molecular formula is C12H14BrClFNO3S. The molecule has 1 aromatic carbocycles. The molecule has 20 heavy (non-hydrogen) atoms. The van der Waals surface area contributed by atoms with E-state index in [4.69, 9.17) is 10.7 Å². The molecule has 0 aliphatic carbocycles. The maximum Gasteiger partial charge on any atom is 0.262 e. The van der Waals surface area contributed by atoms with Crippen molar-refractivity contribution in [2.45, 2.75) is 37.6 Å². The fourth-order valence-corrected chi connectivity index (χ4v) is 3.78. The van der Waals surface area contributed by atoms with Crippen molar-refractivity contribution in [3.63, 3.8) is 0 Å². The second kappa shape index (κ2) is 6.87. The zero-order chi connectivity index (χ0) is 15.5. The average molecular weight is 387 g/mol. The number of rotatable bonds is 5. The molecule has 0 bridgehead atoms. The van der Waals surface area contributed by atoms with E-state index in [1.54, 1.807) is 0 Å². The number of nitrogens with one attached hydrogen (secondary N) is 1. The fourth-order valence-electron chi connectivity index (χ4n) is 1.68. The van der Waals surface area contributed by atoms with Crippen molar-refractivity contribution >= 4 is 41.6 Å². The Morgan fingerprint density at radius 3 is 2.60 bits per heavy atom. The van der Waals surface area contributed by atoms with Gasteiger partial charge in [-0.25, -0.2) is 12.8 Å². The van der Waals surface area contributed by atoms with E-state index in [1.165, 1.54) is 0 Å². The summed E-state index contributed by atoms with van der Waals surface area (Å²) in [7, 11) is 1.07. The fraction of sp³-hybridized carbons (Fsp3) is 0.417. The molecule has 8 heteroatoms. The van der Waals surface area contributed by atoms with Gasteiger partial charge >= 0.3 is 0 Å². The van der Waals surface area contributed by atoms with Crippen molar-refractivity contribution in [2.75, 3.05) is 0 Å². The van der Waals surface area contributed by atoms with Gasteiger partial charge in [0.05, 0.1) is 4.47 Å². The van der Waals surface area contributed by atoms with Crippen LogP contribution in [0.1, 0.15) is 37.0 Å². The topological polar surface area (TPSA) is 63.2 Å². The summed E-state index contributed by atoms with van der Waals surface area (Å²) in [4.78, 5) is 11.5. The van der Waals surface area contributed by atoms with Gasteiger partial charge in [-0.3, -0.25) is 4.79 Å². The minimum atomic E-state index is -4.15. The molecule has 4 nitrogen and oxygen atoms in total. The van der Waals surface area contributed by atoms with Crippen molar-refractivity contribution in [1.82, 2.24) is 5.32 Å². The van der Waals surface area contributed by atoms with E-state index in [1.807, 2.05) is 13.8 Å². The van der Waals surface area contributed by atoms with Crippen LogP contribution in [0.25, 0.3) is 0 Å². The summed E-state index contributed by atoms with van der Waals surface area (Å²) in [6.07, 6.45) is 1.66. The Morgan fingerprint density at radius 2 is 2.10 bits per heavy atom. The lowest BCUT2D eigenvalue weighted by Crippen LogP contribution is -2.32. The molecule has 0 saturated heterocycles. The summed E-state index contributed by atoms with van der Waals surface area (Å²) in [5.74, 6) is -1.40. The van der Waals surface area contributed by atoms with Gasteiger partial charge in [0.1, 0.15) is 10.7 Å². The first kappa shape index (κ1) is 17.4. The lowest BCUT2D eigenvalue weighted by atomic mass is 10.1. The monoisotopic (exact) mass is 385 g/mol. The second-order valence-corrected chi connectivity index (χ2v) is 7.70. The summed E-state index contributed by atoms with van der Waals surface area (Å²) in [6, 6.07) is 1.92. The van der Waals surface area contributed by atoms with Crippen LogP contribution >= 0.6 is 26.6 Å². The minimum Gasteiger partial charge on any atom is -0.350 e. The van der Waals surface area contributed by atoms with Gasteiger partial charge in [-0.15, -0.1) is 0 Å². The van der Waals surface area contributed by atoms with Gasteiger partial charge in [0.2, 0.25) is 0 Å². The highest BCUT2D eigenvalue weighted by atomic mass is 79.9. The van der Waals surface area contributed by atoms with Crippen LogP contribution in [0, 0.1) is 5.82 Å². The van der Waals surface area contributed by atoms with Crippen molar-refractivity contribution in [3.8, 4) is 0 Å². The highest BCUT2D eigenvalue weighted by Gasteiger charge is 2.21. The molecule has 1 amide bonds. The van der Waals surface area contributed by atoms with E-state index in [0.29, 0.717) is 0 Å². The highest BCUT2D eigenvalue weighted by Crippen LogP contribution is 2.29. The largest absolute Gasteiger partial charge is 0.350 e. The Hall–Kier alpha value is -0.660. The molecule has 0 radical (unpaired) electrons. The summed E-state index contributed by atoms with van der Waals surface area (Å²) >= 11 is 2.80. The van der Waals surface area contributed by atoms with E-state index in [-0.39, 0.29) is 16.1 Å². The maximum atomic E-state index is 13.7. The molecule has 0 heterocycles. The van der Waals surface area contributed by atoms with E-state index < -0.39 is 25.7 Å². The Morgan fingerprint density at radius 1 is 1.50 bits per heavy atom. The molecule has 0 aliphatic rings. The van der Waals surface area contributed by atoms with Gasteiger partial charge < -0.3 is 5.32 Å². The summed E-state index contributed by atoms with van der Waals surface area (Å²) in [5, 5.41) is 2.66. The summed E-state index contributed by atoms with van der Waals surface area (Å²) in [5.41, 5.74) is -0.0899. The van der Waals surface area contributed by atoms with Crippen molar-refractivity contribution in [1.29, 1.82) is 0 Å². The van der Waals surface area contributed by atoms with Gasteiger partial charge in [0, 0.05) is 22.3 Å². The van der Waals surface area contributed by atoms with Crippen LogP contribution in [0.2, 0.25) is 0 Å². The van der Waals surface area contributed by atoms with E-state index in [2.05, 4.69) is 21.2 Å². The molecule has 0 aromatic heterocycles. The van der Waals surface area contributed by atoms with Gasteiger partial charge in [-0.1, -0.05) is 13.3 Å². The second-order valence-electron chi connectivity index (χ2n) is 4.37. The van der Waals surface area contributed by atoms with Crippen molar-refractivity contribution in [2.24, 2.45) is 0 Å². The third kappa shape index (κ3) is 4.43. The van der Waals surface area contributed by atoms with Crippen LogP contribution in [-0.2, 0) is 9.05 Å². The Balaban J connectivity index is 3.15. The molecule has 112 valence electrons. The van der Waals surface area contributed by atoms with Gasteiger partial charge in [0.25, 0.3) is 15.0 Å². The maximum absolute atomic E-state index is 13.7. The molecule has 1 unspecified atom stereocenters. The standard InChI is InChI=1S/C12H14BrClFNO3S/c1-3-4-7(2)16-12(17)8-5-9(15)11(13)10(6-8)20(14,18)19/h5-7H,3-4H2,1-2H3,(H,16,17).